The summed E-state index contributed by atoms with van der Waals surface area (Å²) in [6, 6.07) is 6.85. The smallest absolute Gasteiger partial charge is 0.196 e. The third kappa shape index (κ3) is 3.58. The van der Waals surface area contributed by atoms with Gasteiger partial charge in [-0.1, -0.05) is 34.5 Å². The Bertz CT molecular complexity index is 631. The predicted octanol–water partition coefficient (Wildman–Crippen LogP) is 4.52. The molecule has 0 bridgehead atoms. The molecular weight excluding hydrogens is 342 g/mol. The molecule has 0 saturated carbocycles. The van der Waals surface area contributed by atoms with Crippen LogP contribution in [0.5, 0.6) is 5.75 Å². The number of halogens is 2. The largest absolute Gasteiger partial charge is 0.492 e. The van der Waals surface area contributed by atoms with Crippen molar-refractivity contribution >= 4 is 33.3 Å². The first-order chi connectivity index (χ1) is 9.61. The van der Waals surface area contributed by atoms with Crippen LogP contribution in [0.25, 0.3) is 0 Å². The summed E-state index contributed by atoms with van der Waals surface area (Å²) in [7, 11) is 0. The third-order valence-corrected chi connectivity index (χ3v) is 3.43. The summed E-state index contributed by atoms with van der Waals surface area (Å²) in [6.45, 7) is 2.61. The molecule has 0 aliphatic carbocycles. The predicted molar refractivity (Wildman–Crippen MR) is 82.6 cm³/mol. The van der Waals surface area contributed by atoms with Gasteiger partial charge in [0.05, 0.1) is 17.8 Å². The second kappa shape index (κ2) is 6.86. The van der Waals surface area contributed by atoms with E-state index in [9.17, 15) is 4.79 Å². The number of hydrogen-bond donors (Lipinski definition) is 0. The molecule has 1 heterocycles. The topological polar surface area (TPSA) is 39.2 Å². The van der Waals surface area contributed by atoms with Crippen molar-refractivity contribution < 1.29 is 9.53 Å². The Hall–Kier alpha value is -1.39. The average molecular weight is 355 g/mol. The van der Waals surface area contributed by atoms with Gasteiger partial charge in [0.25, 0.3) is 0 Å². The normalized spacial score (nSPS) is 10.3. The quantitative estimate of drug-likeness (QED) is 0.741. The standard InChI is InChI=1S/C15H13BrClNO2/c1-2-5-20-12-6-10(8-18-9-12)15(19)13-4-3-11(16)7-14(13)17/h3-4,6-9H,2,5H2,1H3. The fourth-order valence-electron chi connectivity index (χ4n) is 1.67. The zero-order valence-corrected chi connectivity index (χ0v) is 13.2. The lowest BCUT2D eigenvalue weighted by Gasteiger charge is -2.07. The van der Waals surface area contributed by atoms with Crippen molar-refractivity contribution in [3.63, 3.8) is 0 Å². The molecule has 0 saturated heterocycles. The zero-order valence-electron chi connectivity index (χ0n) is 10.9. The van der Waals surface area contributed by atoms with Crippen LogP contribution in [-0.4, -0.2) is 17.4 Å². The Balaban J connectivity index is 2.28. The monoisotopic (exact) mass is 353 g/mol. The minimum absolute atomic E-state index is 0.169. The lowest BCUT2D eigenvalue weighted by Crippen LogP contribution is -2.04. The lowest BCUT2D eigenvalue weighted by atomic mass is 10.1. The molecule has 3 nitrogen and oxygen atoms in total. The van der Waals surface area contributed by atoms with E-state index in [1.54, 1.807) is 30.5 Å². The van der Waals surface area contributed by atoms with E-state index in [1.807, 2.05) is 6.92 Å². The van der Waals surface area contributed by atoms with Gasteiger partial charge in [-0.15, -0.1) is 0 Å². The molecule has 0 spiro atoms. The number of aromatic nitrogens is 1. The van der Waals surface area contributed by atoms with Crippen LogP contribution in [-0.2, 0) is 0 Å². The molecule has 1 aromatic carbocycles. The summed E-state index contributed by atoms with van der Waals surface area (Å²) in [5.74, 6) is 0.419. The number of pyridine rings is 1. The minimum atomic E-state index is -0.169. The van der Waals surface area contributed by atoms with Gasteiger partial charge in [0.2, 0.25) is 0 Å². The molecule has 104 valence electrons. The summed E-state index contributed by atoms with van der Waals surface area (Å²) in [5.41, 5.74) is 0.909. The minimum Gasteiger partial charge on any atom is -0.492 e. The number of rotatable bonds is 5. The van der Waals surface area contributed by atoms with E-state index in [0.717, 1.165) is 10.9 Å². The van der Waals surface area contributed by atoms with Crippen LogP contribution < -0.4 is 4.74 Å². The zero-order chi connectivity index (χ0) is 14.5. The number of hydrogen-bond acceptors (Lipinski definition) is 3. The van der Waals surface area contributed by atoms with Gasteiger partial charge in [0, 0.05) is 21.8 Å². The molecular formula is C15H13BrClNO2. The van der Waals surface area contributed by atoms with E-state index in [2.05, 4.69) is 20.9 Å². The molecule has 0 radical (unpaired) electrons. The SMILES string of the molecule is CCCOc1cncc(C(=O)c2ccc(Br)cc2Cl)c1. The Morgan fingerprint density at radius 1 is 1.35 bits per heavy atom. The second-order valence-corrected chi connectivity index (χ2v) is 5.53. The second-order valence-electron chi connectivity index (χ2n) is 4.21. The fourth-order valence-corrected chi connectivity index (χ4v) is 2.43. The number of ether oxygens (including phenoxy) is 1. The van der Waals surface area contributed by atoms with Gasteiger partial charge < -0.3 is 4.74 Å². The van der Waals surface area contributed by atoms with Crippen LogP contribution in [0.3, 0.4) is 0 Å². The molecule has 0 aliphatic heterocycles. The van der Waals surface area contributed by atoms with E-state index in [0.29, 0.717) is 28.5 Å². The number of benzene rings is 1. The van der Waals surface area contributed by atoms with Crippen LogP contribution in [0.1, 0.15) is 29.3 Å². The number of nitrogens with zero attached hydrogens (tertiary/aromatic N) is 1. The van der Waals surface area contributed by atoms with E-state index in [1.165, 1.54) is 6.20 Å². The average Bonchev–Trinajstić information content (AvgIpc) is 2.45. The van der Waals surface area contributed by atoms with Crippen molar-refractivity contribution in [2.24, 2.45) is 0 Å². The summed E-state index contributed by atoms with van der Waals surface area (Å²) in [6.07, 6.45) is 4.01. The van der Waals surface area contributed by atoms with E-state index in [4.69, 9.17) is 16.3 Å². The lowest BCUT2D eigenvalue weighted by molar-refractivity contribution is 0.103. The molecule has 5 heteroatoms. The Morgan fingerprint density at radius 2 is 2.15 bits per heavy atom. The van der Waals surface area contributed by atoms with Gasteiger partial charge in [0.15, 0.2) is 5.78 Å². The van der Waals surface area contributed by atoms with Gasteiger partial charge >= 0.3 is 0 Å². The Morgan fingerprint density at radius 3 is 2.85 bits per heavy atom. The van der Waals surface area contributed by atoms with Crippen molar-refractivity contribution in [3.05, 3.63) is 57.3 Å². The molecule has 0 atom stereocenters. The fraction of sp³-hybridized carbons (Fsp3) is 0.200. The highest BCUT2D eigenvalue weighted by atomic mass is 79.9. The highest BCUT2D eigenvalue weighted by Crippen LogP contribution is 2.24. The van der Waals surface area contributed by atoms with Crippen molar-refractivity contribution in [1.29, 1.82) is 0 Å². The van der Waals surface area contributed by atoms with Crippen molar-refractivity contribution in [2.45, 2.75) is 13.3 Å². The van der Waals surface area contributed by atoms with E-state index in [-0.39, 0.29) is 5.78 Å². The maximum absolute atomic E-state index is 12.4. The summed E-state index contributed by atoms with van der Waals surface area (Å²) < 4.78 is 6.31. The number of carbonyl (C=O) groups excluding carboxylic acids is 1. The molecule has 2 aromatic rings. The number of ketones is 1. The summed E-state index contributed by atoms with van der Waals surface area (Å²) in [4.78, 5) is 16.4. The van der Waals surface area contributed by atoms with Crippen LogP contribution in [0, 0.1) is 0 Å². The summed E-state index contributed by atoms with van der Waals surface area (Å²) >= 11 is 9.41. The first kappa shape index (κ1) is 15.0. The molecule has 0 fully saturated rings. The molecule has 20 heavy (non-hydrogen) atoms. The molecule has 2 rings (SSSR count). The molecule has 0 unspecified atom stereocenters. The van der Waals surface area contributed by atoms with Crippen LogP contribution in [0.4, 0.5) is 0 Å². The first-order valence-electron chi connectivity index (χ1n) is 6.19. The highest BCUT2D eigenvalue weighted by Gasteiger charge is 2.14. The van der Waals surface area contributed by atoms with Gasteiger partial charge in [-0.25, -0.2) is 0 Å². The van der Waals surface area contributed by atoms with Gasteiger partial charge in [-0.2, -0.15) is 0 Å². The number of carbonyl (C=O) groups is 1. The molecule has 0 aliphatic rings. The first-order valence-corrected chi connectivity index (χ1v) is 7.36. The maximum atomic E-state index is 12.4. The van der Waals surface area contributed by atoms with Crippen LogP contribution in [0.2, 0.25) is 5.02 Å². The summed E-state index contributed by atoms with van der Waals surface area (Å²) in [5, 5.41) is 0.407. The molecule has 1 aromatic heterocycles. The Kier molecular flexibility index (Phi) is 5.15. The van der Waals surface area contributed by atoms with E-state index >= 15 is 0 Å². The van der Waals surface area contributed by atoms with Gasteiger partial charge in [-0.05, 0) is 30.7 Å². The van der Waals surface area contributed by atoms with Crippen molar-refractivity contribution in [2.75, 3.05) is 6.61 Å². The van der Waals surface area contributed by atoms with Gasteiger partial charge in [0.1, 0.15) is 5.75 Å². The van der Waals surface area contributed by atoms with Gasteiger partial charge in [-0.3, -0.25) is 9.78 Å². The highest BCUT2D eigenvalue weighted by molar-refractivity contribution is 9.10. The Labute approximate surface area is 131 Å². The molecule has 0 amide bonds. The van der Waals surface area contributed by atoms with E-state index < -0.39 is 0 Å². The third-order valence-electron chi connectivity index (χ3n) is 2.62. The molecule has 0 N–H and O–H groups in total. The van der Waals surface area contributed by atoms with Crippen molar-refractivity contribution in [1.82, 2.24) is 4.98 Å². The van der Waals surface area contributed by atoms with Crippen molar-refractivity contribution in [3.8, 4) is 5.75 Å². The van der Waals surface area contributed by atoms with Crippen LogP contribution in [0.15, 0.2) is 41.1 Å². The maximum Gasteiger partial charge on any atom is 0.196 e. The van der Waals surface area contributed by atoms with Crippen LogP contribution >= 0.6 is 27.5 Å².